The summed E-state index contributed by atoms with van der Waals surface area (Å²) in [5, 5.41) is 12.8. The number of nitrogens with zero attached hydrogens (tertiary/aromatic N) is 1. The number of rotatable bonds is 4. The zero-order valence-corrected chi connectivity index (χ0v) is 17.4. The van der Waals surface area contributed by atoms with E-state index >= 15 is 0 Å². The Labute approximate surface area is 167 Å². The fourth-order valence-electron chi connectivity index (χ4n) is 7.48. The number of carbonyl (C=O) groups is 2. The molecule has 6 atom stereocenters. The summed E-state index contributed by atoms with van der Waals surface area (Å²) < 4.78 is 0. The van der Waals surface area contributed by atoms with Gasteiger partial charge in [0.1, 0.15) is 5.78 Å². The van der Waals surface area contributed by atoms with Crippen LogP contribution in [0.15, 0.2) is 16.8 Å². The van der Waals surface area contributed by atoms with Gasteiger partial charge >= 0.3 is 5.97 Å². The second-order valence-electron chi connectivity index (χ2n) is 10.0. The second-order valence-corrected chi connectivity index (χ2v) is 10.0. The maximum absolute atomic E-state index is 12.3. The molecule has 0 aromatic carbocycles. The smallest absolute Gasteiger partial charge is 0.344 e. The van der Waals surface area contributed by atoms with E-state index in [0.717, 1.165) is 37.3 Å². The molecule has 4 aliphatic rings. The van der Waals surface area contributed by atoms with Crippen molar-refractivity contribution in [3.05, 3.63) is 11.6 Å². The van der Waals surface area contributed by atoms with Crippen molar-refractivity contribution in [2.45, 2.75) is 72.1 Å². The Morgan fingerprint density at radius 1 is 1.14 bits per heavy atom. The van der Waals surface area contributed by atoms with Gasteiger partial charge in [-0.1, -0.05) is 24.6 Å². The second kappa shape index (κ2) is 7.00. The lowest BCUT2D eigenvalue weighted by atomic mass is 9.46. The van der Waals surface area contributed by atoms with Crippen molar-refractivity contribution in [1.82, 2.24) is 0 Å². The third kappa shape index (κ3) is 3.02. The molecule has 4 aliphatic carbocycles. The van der Waals surface area contributed by atoms with Gasteiger partial charge in [0.25, 0.3) is 0 Å². The third-order valence-electron chi connectivity index (χ3n) is 8.84. The van der Waals surface area contributed by atoms with Crippen LogP contribution in [-0.4, -0.2) is 29.2 Å². The van der Waals surface area contributed by atoms with Gasteiger partial charge in [0.15, 0.2) is 0 Å². The largest absolute Gasteiger partial charge is 0.479 e. The van der Waals surface area contributed by atoms with Gasteiger partial charge in [-0.2, -0.15) is 0 Å². The quantitative estimate of drug-likeness (QED) is 0.715. The highest BCUT2D eigenvalue weighted by molar-refractivity contribution is 5.96. The molecule has 0 aromatic rings. The Morgan fingerprint density at radius 2 is 1.93 bits per heavy atom. The number of carboxylic acid groups (broad SMARTS) is 1. The summed E-state index contributed by atoms with van der Waals surface area (Å²) in [7, 11) is 0. The minimum absolute atomic E-state index is 0.205. The number of ketones is 1. The summed E-state index contributed by atoms with van der Waals surface area (Å²) in [5.74, 6) is 1.77. The van der Waals surface area contributed by atoms with Gasteiger partial charge in [-0.25, -0.2) is 4.79 Å². The zero-order valence-electron chi connectivity index (χ0n) is 17.4. The van der Waals surface area contributed by atoms with E-state index in [1.54, 1.807) is 6.92 Å². The van der Waals surface area contributed by atoms with Crippen molar-refractivity contribution in [2.24, 2.45) is 39.7 Å². The molecule has 1 N–H and O–H groups in total. The number of aliphatic carboxylic acids is 1. The van der Waals surface area contributed by atoms with E-state index in [1.807, 2.05) is 0 Å². The lowest BCUT2D eigenvalue weighted by Gasteiger charge is -2.58. The molecule has 0 aliphatic heterocycles. The first-order valence-electron chi connectivity index (χ1n) is 10.9. The van der Waals surface area contributed by atoms with Gasteiger partial charge in [-0.15, -0.1) is 0 Å². The number of carbonyl (C=O) groups excluding carboxylic acids is 1. The van der Waals surface area contributed by atoms with Crippen LogP contribution in [0.1, 0.15) is 72.1 Å². The number of oxime groups is 1. The molecule has 0 aromatic heterocycles. The molecule has 0 bridgehead atoms. The van der Waals surface area contributed by atoms with Gasteiger partial charge in [-0.05, 0) is 93.0 Å². The molecule has 0 heterocycles. The first-order chi connectivity index (χ1) is 13.3. The van der Waals surface area contributed by atoms with E-state index in [1.165, 1.54) is 31.3 Å². The normalized spacial score (nSPS) is 43.5. The molecule has 0 amide bonds. The van der Waals surface area contributed by atoms with Gasteiger partial charge in [0.05, 0.1) is 5.71 Å². The molecule has 0 saturated heterocycles. The van der Waals surface area contributed by atoms with Crippen LogP contribution in [-0.2, 0) is 14.4 Å². The number of allylic oxidation sites excluding steroid dienone is 2. The van der Waals surface area contributed by atoms with E-state index in [4.69, 9.17) is 9.94 Å². The standard InChI is InChI=1S/C23H33NO4/c1-14(25)18-6-7-19-17-5-4-15-12-16(24-28-13-21(26)27)8-10-22(15,2)20(17)9-11-23(18,19)3/h12,17-20H,4-11,13H2,1-3H3,(H,26,27)/b24-16+/t17-,18-,19+,20+,22-,23+/m0/s1. The molecule has 3 fully saturated rings. The lowest BCUT2D eigenvalue weighted by molar-refractivity contribution is -0.142. The first kappa shape index (κ1) is 19.7. The van der Waals surface area contributed by atoms with Crippen LogP contribution in [0.3, 0.4) is 0 Å². The molecule has 154 valence electrons. The summed E-state index contributed by atoms with van der Waals surface area (Å²) in [6.07, 6.45) is 11.1. The highest BCUT2D eigenvalue weighted by Gasteiger charge is 2.59. The molecular formula is C23H33NO4. The number of carboxylic acids is 1. The Balaban J connectivity index is 1.55. The monoisotopic (exact) mass is 387 g/mol. The van der Waals surface area contributed by atoms with E-state index < -0.39 is 5.97 Å². The third-order valence-corrected chi connectivity index (χ3v) is 8.84. The summed E-state index contributed by atoms with van der Waals surface area (Å²) >= 11 is 0. The Bertz CT molecular complexity index is 741. The van der Waals surface area contributed by atoms with Crippen molar-refractivity contribution in [2.75, 3.05) is 6.61 Å². The summed E-state index contributed by atoms with van der Waals surface area (Å²) in [6.45, 7) is 6.24. The number of fused-ring (bicyclic) bond motifs is 5. The van der Waals surface area contributed by atoms with E-state index in [9.17, 15) is 9.59 Å². The van der Waals surface area contributed by atoms with Crippen LogP contribution >= 0.6 is 0 Å². The molecule has 0 spiro atoms. The van der Waals surface area contributed by atoms with Gasteiger partial charge in [0.2, 0.25) is 6.61 Å². The van der Waals surface area contributed by atoms with Crippen molar-refractivity contribution in [3.63, 3.8) is 0 Å². The maximum atomic E-state index is 12.3. The predicted octanol–water partition coefficient (Wildman–Crippen LogP) is 4.61. The minimum atomic E-state index is -0.996. The van der Waals surface area contributed by atoms with E-state index in [0.29, 0.717) is 17.6 Å². The molecule has 5 heteroatoms. The van der Waals surface area contributed by atoms with Crippen LogP contribution in [0, 0.1) is 34.5 Å². The Hall–Kier alpha value is -1.65. The average molecular weight is 388 g/mol. The Morgan fingerprint density at radius 3 is 2.64 bits per heavy atom. The van der Waals surface area contributed by atoms with Crippen molar-refractivity contribution in [3.8, 4) is 0 Å². The molecule has 4 rings (SSSR count). The number of hydrogen-bond acceptors (Lipinski definition) is 4. The lowest BCUT2D eigenvalue weighted by Crippen LogP contribution is -2.51. The number of Topliss-reactive ketones (excluding diaryl/α,β-unsaturated/α-hetero) is 1. The molecule has 0 unspecified atom stereocenters. The topological polar surface area (TPSA) is 76.0 Å². The van der Waals surface area contributed by atoms with Crippen molar-refractivity contribution >= 4 is 17.5 Å². The van der Waals surface area contributed by atoms with Crippen LogP contribution in [0.4, 0.5) is 0 Å². The molecular weight excluding hydrogens is 354 g/mol. The fourth-order valence-corrected chi connectivity index (χ4v) is 7.48. The molecule has 5 nitrogen and oxygen atoms in total. The van der Waals surface area contributed by atoms with Gasteiger partial charge in [0, 0.05) is 5.92 Å². The highest BCUT2D eigenvalue weighted by atomic mass is 16.6. The van der Waals surface area contributed by atoms with Gasteiger partial charge < -0.3 is 9.94 Å². The first-order valence-corrected chi connectivity index (χ1v) is 10.9. The van der Waals surface area contributed by atoms with Crippen LogP contribution in [0.25, 0.3) is 0 Å². The van der Waals surface area contributed by atoms with Gasteiger partial charge in [-0.3, -0.25) is 4.79 Å². The van der Waals surface area contributed by atoms with Crippen LogP contribution in [0.2, 0.25) is 0 Å². The summed E-state index contributed by atoms with van der Waals surface area (Å²) in [4.78, 5) is 27.8. The Kier molecular flexibility index (Phi) is 4.91. The SMILES string of the molecule is CC(=O)[C@@H]1CC[C@@H]2[C@@H]3CCC4=C/C(=N/OCC(=O)O)CC[C@]4(C)[C@@H]3CC[C@@]21C. The summed E-state index contributed by atoms with van der Waals surface area (Å²) in [5.41, 5.74) is 2.77. The molecule has 3 saturated carbocycles. The fraction of sp³-hybridized carbons (Fsp3) is 0.783. The van der Waals surface area contributed by atoms with Crippen molar-refractivity contribution in [1.29, 1.82) is 0 Å². The predicted molar refractivity (Wildman–Crippen MR) is 107 cm³/mol. The summed E-state index contributed by atoms with van der Waals surface area (Å²) in [6, 6.07) is 0. The van der Waals surface area contributed by atoms with E-state index in [2.05, 4.69) is 25.1 Å². The average Bonchev–Trinajstić information content (AvgIpc) is 2.99. The van der Waals surface area contributed by atoms with E-state index in [-0.39, 0.29) is 23.4 Å². The zero-order chi connectivity index (χ0) is 20.1. The van der Waals surface area contributed by atoms with Crippen molar-refractivity contribution < 1.29 is 19.5 Å². The number of hydrogen-bond donors (Lipinski definition) is 1. The molecule has 0 radical (unpaired) electrons. The highest BCUT2D eigenvalue weighted by Crippen LogP contribution is 2.66. The maximum Gasteiger partial charge on any atom is 0.344 e. The van der Waals surface area contributed by atoms with Crippen LogP contribution < -0.4 is 0 Å². The molecule has 28 heavy (non-hydrogen) atoms. The minimum Gasteiger partial charge on any atom is -0.479 e. The van der Waals surface area contributed by atoms with Crippen LogP contribution in [0.5, 0.6) is 0 Å².